The molecule has 0 aromatic heterocycles. The molecule has 2 heterocycles. The first-order valence-corrected chi connectivity index (χ1v) is 10.5. The number of hydrogen-bond acceptors (Lipinski definition) is 6. The van der Waals surface area contributed by atoms with E-state index < -0.39 is 0 Å². The molecule has 2 N–H and O–H groups in total. The zero-order valence-corrected chi connectivity index (χ0v) is 18.2. The van der Waals surface area contributed by atoms with Gasteiger partial charge in [0.05, 0.1) is 26.9 Å². The van der Waals surface area contributed by atoms with Crippen molar-refractivity contribution in [3.05, 3.63) is 59.7 Å². The van der Waals surface area contributed by atoms with Crippen LogP contribution >= 0.6 is 0 Å². The molecular formula is C24H29N3O4. The third kappa shape index (κ3) is 4.38. The van der Waals surface area contributed by atoms with Gasteiger partial charge in [0, 0.05) is 31.3 Å². The minimum Gasteiger partial charge on any atom is -0.496 e. The Hall–Kier alpha value is -3.03. The number of rotatable bonds is 6. The maximum Gasteiger partial charge on any atom is 0.241 e. The molecule has 164 valence electrons. The third-order valence-corrected chi connectivity index (χ3v) is 5.96. The standard InChI is InChI=1S/C24H29N3O4/c1-29-18-13-21(30-2)23(22(14-18)31-3)17-9-11-27(12-10-17)24(28)20-15-19(25-26-20)16-7-5-4-6-8-16/h4-9,13-14,19-20,25-26H,10-12,15H2,1-3H3. The highest BCUT2D eigenvalue weighted by atomic mass is 16.5. The predicted molar refractivity (Wildman–Crippen MR) is 119 cm³/mol. The van der Waals surface area contributed by atoms with E-state index in [1.54, 1.807) is 21.3 Å². The van der Waals surface area contributed by atoms with Gasteiger partial charge in [0.15, 0.2) is 0 Å². The number of carbonyl (C=O) groups is 1. The number of ether oxygens (including phenoxy) is 3. The van der Waals surface area contributed by atoms with Gasteiger partial charge in [-0.25, -0.2) is 10.9 Å². The molecule has 2 aromatic carbocycles. The molecule has 4 rings (SSSR count). The smallest absolute Gasteiger partial charge is 0.241 e. The van der Waals surface area contributed by atoms with Crippen molar-refractivity contribution < 1.29 is 19.0 Å². The topological polar surface area (TPSA) is 72.1 Å². The Kier molecular flexibility index (Phi) is 6.44. The Balaban J connectivity index is 1.46. The fraction of sp³-hybridized carbons (Fsp3) is 0.375. The lowest BCUT2D eigenvalue weighted by Gasteiger charge is -2.29. The Labute approximate surface area is 182 Å². The molecule has 2 aliphatic heterocycles. The third-order valence-electron chi connectivity index (χ3n) is 5.96. The van der Waals surface area contributed by atoms with Crippen molar-refractivity contribution in [2.75, 3.05) is 34.4 Å². The number of hydrogen-bond donors (Lipinski definition) is 2. The summed E-state index contributed by atoms with van der Waals surface area (Å²) in [7, 11) is 4.89. The Morgan fingerprint density at radius 1 is 1.00 bits per heavy atom. The normalized spacial score (nSPS) is 20.9. The van der Waals surface area contributed by atoms with Gasteiger partial charge in [-0.15, -0.1) is 0 Å². The molecule has 2 aliphatic rings. The van der Waals surface area contributed by atoms with Crippen LogP contribution in [0.5, 0.6) is 17.2 Å². The highest BCUT2D eigenvalue weighted by Gasteiger charge is 2.33. The lowest BCUT2D eigenvalue weighted by atomic mass is 9.96. The number of amides is 1. The summed E-state index contributed by atoms with van der Waals surface area (Å²) in [5.41, 5.74) is 9.65. The predicted octanol–water partition coefficient (Wildman–Crippen LogP) is 2.94. The minimum absolute atomic E-state index is 0.120. The van der Waals surface area contributed by atoms with Crippen LogP contribution in [0.4, 0.5) is 0 Å². The number of carbonyl (C=O) groups excluding carboxylic acids is 1. The number of nitrogens with zero attached hydrogens (tertiary/aromatic N) is 1. The van der Waals surface area contributed by atoms with Crippen LogP contribution in [0.1, 0.15) is 30.0 Å². The fourth-order valence-corrected chi connectivity index (χ4v) is 4.26. The van der Waals surface area contributed by atoms with Gasteiger partial charge in [-0.2, -0.15) is 0 Å². The summed E-state index contributed by atoms with van der Waals surface area (Å²) < 4.78 is 16.5. The molecule has 0 bridgehead atoms. The van der Waals surface area contributed by atoms with Crippen LogP contribution in [0.2, 0.25) is 0 Å². The van der Waals surface area contributed by atoms with E-state index in [4.69, 9.17) is 14.2 Å². The van der Waals surface area contributed by atoms with Crippen molar-refractivity contribution in [2.45, 2.75) is 24.9 Å². The van der Waals surface area contributed by atoms with Crippen LogP contribution in [-0.4, -0.2) is 51.3 Å². The van der Waals surface area contributed by atoms with Crippen molar-refractivity contribution in [3.63, 3.8) is 0 Å². The molecule has 1 fully saturated rings. The summed E-state index contributed by atoms with van der Waals surface area (Å²) in [5, 5.41) is 0. The van der Waals surface area contributed by atoms with Crippen LogP contribution in [0.15, 0.2) is 48.5 Å². The van der Waals surface area contributed by atoms with Gasteiger partial charge in [0.2, 0.25) is 5.91 Å². The van der Waals surface area contributed by atoms with E-state index in [1.807, 2.05) is 35.2 Å². The maximum atomic E-state index is 13.1. The van der Waals surface area contributed by atoms with Crippen molar-refractivity contribution in [1.29, 1.82) is 0 Å². The zero-order chi connectivity index (χ0) is 21.8. The highest BCUT2D eigenvalue weighted by Crippen LogP contribution is 2.41. The lowest BCUT2D eigenvalue weighted by Crippen LogP contribution is -2.46. The Bertz CT molecular complexity index is 936. The van der Waals surface area contributed by atoms with Crippen LogP contribution in [0, 0.1) is 0 Å². The SMILES string of the molecule is COc1cc(OC)c(C2=CCN(C(=O)C3CC(c4ccccc4)NN3)CC2)c(OC)c1. The molecule has 0 aliphatic carbocycles. The molecule has 31 heavy (non-hydrogen) atoms. The quantitative estimate of drug-likeness (QED) is 0.745. The van der Waals surface area contributed by atoms with Gasteiger partial charge in [-0.05, 0) is 24.0 Å². The molecule has 0 saturated carbocycles. The van der Waals surface area contributed by atoms with Gasteiger partial charge in [0.25, 0.3) is 0 Å². The zero-order valence-electron chi connectivity index (χ0n) is 18.2. The van der Waals surface area contributed by atoms with Crippen molar-refractivity contribution in [3.8, 4) is 17.2 Å². The number of hydrazine groups is 1. The van der Waals surface area contributed by atoms with E-state index in [9.17, 15) is 4.79 Å². The second-order valence-electron chi connectivity index (χ2n) is 7.71. The van der Waals surface area contributed by atoms with Crippen LogP contribution in [-0.2, 0) is 4.79 Å². The van der Waals surface area contributed by atoms with E-state index in [1.165, 1.54) is 5.56 Å². The largest absolute Gasteiger partial charge is 0.496 e. The second-order valence-corrected chi connectivity index (χ2v) is 7.71. The molecule has 0 spiro atoms. The molecule has 2 atom stereocenters. The lowest BCUT2D eigenvalue weighted by molar-refractivity contribution is -0.132. The van der Waals surface area contributed by atoms with Gasteiger partial charge in [-0.1, -0.05) is 36.4 Å². The van der Waals surface area contributed by atoms with Crippen LogP contribution < -0.4 is 25.1 Å². The maximum absolute atomic E-state index is 13.1. The van der Waals surface area contributed by atoms with Crippen LogP contribution in [0.25, 0.3) is 5.57 Å². The van der Waals surface area contributed by atoms with E-state index >= 15 is 0 Å². The summed E-state index contributed by atoms with van der Waals surface area (Å²) >= 11 is 0. The summed E-state index contributed by atoms with van der Waals surface area (Å²) in [6, 6.07) is 13.8. The molecule has 2 unspecified atom stereocenters. The Morgan fingerprint density at radius 3 is 2.29 bits per heavy atom. The van der Waals surface area contributed by atoms with E-state index in [0.29, 0.717) is 30.3 Å². The molecule has 1 saturated heterocycles. The molecule has 0 radical (unpaired) electrons. The fourth-order valence-electron chi connectivity index (χ4n) is 4.26. The van der Waals surface area contributed by atoms with Crippen molar-refractivity contribution in [1.82, 2.24) is 15.8 Å². The summed E-state index contributed by atoms with van der Waals surface area (Å²) in [6.07, 6.45) is 3.55. The summed E-state index contributed by atoms with van der Waals surface area (Å²) in [4.78, 5) is 15.0. The van der Waals surface area contributed by atoms with Gasteiger partial charge in [0.1, 0.15) is 23.3 Å². The number of benzene rings is 2. The molecular weight excluding hydrogens is 394 g/mol. The van der Waals surface area contributed by atoms with E-state index in [2.05, 4.69) is 29.1 Å². The highest BCUT2D eigenvalue weighted by molar-refractivity contribution is 5.84. The molecule has 7 nitrogen and oxygen atoms in total. The molecule has 2 aromatic rings. The first kappa shape index (κ1) is 21.2. The second kappa shape index (κ2) is 9.41. The average molecular weight is 424 g/mol. The van der Waals surface area contributed by atoms with Crippen LogP contribution in [0.3, 0.4) is 0 Å². The molecule has 7 heteroatoms. The van der Waals surface area contributed by atoms with Gasteiger partial charge >= 0.3 is 0 Å². The summed E-state index contributed by atoms with van der Waals surface area (Å²) in [6.45, 7) is 1.21. The monoisotopic (exact) mass is 423 g/mol. The number of methoxy groups -OCH3 is 3. The summed E-state index contributed by atoms with van der Waals surface area (Å²) in [5.74, 6) is 2.21. The van der Waals surface area contributed by atoms with Gasteiger partial charge in [-0.3, -0.25) is 4.79 Å². The first-order chi connectivity index (χ1) is 15.1. The van der Waals surface area contributed by atoms with Crippen molar-refractivity contribution >= 4 is 11.5 Å². The average Bonchev–Trinajstić information content (AvgIpc) is 3.33. The minimum atomic E-state index is -0.231. The Morgan fingerprint density at radius 2 is 1.71 bits per heavy atom. The van der Waals surface area contributed by atoms with Gasteiger partial charge < -0.3 is 19.1 Å². The molecule has 1 amide bonds. The number of nitrogens with one attached hydrogen (secondary N) is 2. The first-order valence-electron chi connectivity index (χ1n) is 10.5. The van der Waals surface area contributed by atoms with E-state index in [0.717, 1.165) is 24.0 Å². The van der Waals surface area contributed by atoms with E-state index in [-0.39, 0.29) is 18.0 Å². The van der Waals surface area contributed by atoms with Crippen molar-refractivity contribution in [2.24, 2.45) is 0 Å².